The lowest BCUT2D eigenvalue weighted by Crippen LogP contribution is -2.37. The second-order valence-electron chi connectivity index (χ2n) is 4.72. The minimum atomic E-state index is -0.261. The molecular formula is C14H17N5O2S. The predicted molar refractivity (Wildman–Crippen MR) is 85.2 cm³/mol. The van der Waals surface area contributed by atoms with Gasteiger partial charge in [0, 0.05) is 19.3 Å². The Kier molecular flexibility index (Phi) is 4.81. The molecule has 0 aliphatic carbocycles. The van der Waals surface area contributed by atoms with Crippen LogP contribution in [0.25, 0.3) is 0 Å². The first-order valence-electron chi connectivity index (χ1n) is 7.04. The average molecular weight is 319 g/mol. The van der Waals surface area contributed by atoms with Crippen molar-refractivity contribution in [3.63, 3.8) is 0 Å². The Morgan fingerprint density at radius 1 is 1.36 bits per heavy atom. The summed E-state index contributed by atoms with van der Waals surface area (Å²) in [5, 5.41) is 8.23. The molecule has 0 radical (unpaired) electrons. The van der Waals surface area contributed by atoms with Crippen LogP contribution in [0.3, 0.4) is 0 Å². The Morgan fingerprint density at radius 3 is 3.00 bits per heavy atom. The zero-order chi connectivity index (χ0) is 15.2. The fourth-order valence-corrected chi connectivity index (χ4v) is 2.72. The molecule has 1 aliphatic heterocycles. The van der Waals surface area contributed by atoms with Gasteiger partial charge in [-0.3, -0.25) is 5.32 Å². The zero-order valence-electron chi connectivity index (χ0n) is 12.0. The van der Waals surface area contributed by atoms with Gasteiger partial charge in [-0.2, -0.15) is 0 Å². The molecule has 1 saturated heterocycles. The van der Waals surface area contributed by atoms with Crippen molar-refractivity contribution in [2.24, 2.45) is 0 Å². The van der Waals surface area contributed by atoms with Crippen molar-refractivity contribution < 1.29 is 9.53 Å². The maximum atomic E-state index is 11.8. The SMILES string of the molecule is O=C(NCc1nccc(N2CCOCC2)n1)Nc1cccs1. The summed E-state index contributed by atoms with van der Waals surface area (Å²) in [5.74, 6) is 1.46. The van der Waals surface area contributed by atoms with Crippen molar-refractivity contribution in [1.82, 2.24) is 15.3 Å². The maximum Gasteiger partial charge on any atom is 0.320 e. The van der Waals surface area contributed by atoms with Gasteiger partial charge < -0.3 is 15.0 Å². The number of carbonyl (C=O) groups excluding carboxylic acids is 1. The zero-order valence-corrected chi connectivity index (χ0v) is 12.8. The summed E-state index contributed by atoms with van der Waals surface area (Å²) in [6, 6.07) is 5.35. The van der Waals surface area contributed by atoms with Crippen LogP contribution < -0.4 is 15.5 Å². The van der Waals surface area contributed by atoms with Gasteiger partial charge in [0.15, 0.2) is 0 Å². The minimum absolute atomic E-state index is 0.261. The molecular weight excluding hydrogens is 302 g/mol. The molecule has 0 saturated carbocycles. The normalized spacial score (nSPS) is 14.6. The molecule has 22 heavy (non-hydrogen) atoms. The molecule has 0 atom stereocenters. The van der Waals surface area contributed by atoms with Crippen molar-refractivity contribution >= 4 is 28.2 Å². The number of aromatic nitrogens is 2. The van der Waals surface area contributed by atoms with Crippen LogP contribution >= 0.6 is 11.3 Å². The third kappa shape index (κ3) is 3.92. The highest BCUT2D eigenvalue weighted by Gasteiger charge is 2.13. The Hall–Kier alpha value is -2.19. The van der Waals surface area contributed by atoms with Gasteiger partial charge in [0.1, 0.15) is 11.6 Å². The highest BCUT2D eigenvalue weighted by atomic mass is 32.1. The summed E-state index contributed by atoms with van der Waals surface area (Å²) in [7, 11) is 0. The molecule has 0 spiro atoms. The average Bonchev–Trinajstić information content (AvgIpc) is 3.07. The number of nitrogens with one attached hydrogen (secondary N) is 2. The number of urea groups is 1. The number of anilines is 2. The topological polar surface area (TPSA) is 79.4 Å². The highest BCUT2D eigenvalue weighted by molar-refractivity contribution is 7.14. The first-order valence-corrected chi connectivity index (χ1v) is 7.92. The third-order valence-corrected chi connectivity index (χ3v) is 3.98. The van der Waals surface area contributed by atoms with Crippen LogP contribution in [-0.2, 0) is 11.3 Å². The molecule has 2 N–H and O–H groups in total. The van der Waals surface area contributed by atoms with E-state index in [1.54, 1.807) is 6.20 Å². The molecule has 0 unspecified atom stereocenters. The van der Waals surface area contributed by atoms with E-state index in [1.807, 2.05) is 23.6 Å². The van der Waals surface area contributed by atoms with Crippen molar-refractivity contribution in [3.8, 4) is 0 Å². The lowest BCUT2D eigenvalue weighted by Gasteiger charge is -2.27. The van der Waals surface area contributed by atoms with Crippen LogP contribution in [0.15, 0.2) is 29.8 Å². The molecule has 1 aliphatic rings. The van der Waals surface area contributed by atoms with Gasteiger partial charge in [0.2, 0.25) is 0 Å². The number of morpholine rings is 1. The van der Waals surface area contributed by atoms with Crippen molar-refractivity contribution in [3.05, 3.63) is 35.6 Å². The number of ether oxygens (including phenoxy) is 1. The number of thiophene rings is 1. The van der Waals surface area contributed by atoms with Crippen LogP contribution in [0.4, 0.5) is 15.6 Å². The predicted octanol–water partition coefficient (Wildman–Crippen LogP) is 1.70. The summed E-state index contributed by atoms with van der Waals surface area (Å²) in [6.45, 7) is 3.35. The molecule has 3 rings (SSSR count). The summed E-state index contributed by atoms with van der Waals surface area (Å²) in [4.78, 5) is 22.6. The number of hydrogen-bond acceptors (Lipinski definition) is 6. The Labute approximate surface area is 132 Å². The standard InChI is InChI=1S/C14H17N5O2S/c20-14(18-13-2-1-9-22-13)16-10-11-15-4-3-12(17-11)19-5-7-21-8-6-19/h1-4,9H,5-8,10H2,(H2,16,18,20). The van der Waals surface area contributed by atoms with Crippen LogP contribution in [0, 0.1) is 0 Å². The van der Waals surface area contributed by atoms with Crippen molar-refractivity contribution in [2.45, 2.75) is 6.54 Å². The molecule has 8 heteroatoms. The number of carbonyl (C=O) groups is 1. The minimum Gasteiger partial charge on any atom is -0.378 e. The molecule has 7 nitrogen and oxygen atoms in total. The fraction of sp³-hybridized carbons (Fsp3) is 0.357. The Bertz CT molecular complexity index is 613. The Balaban J connectivity index is 1.54. The molecule has 0 aromatic carbocycles. The first-order chi connectivity index (χ1) is 10.8. The van der Waals surface area contributed by atoms with Crippen LogP contribution in [0.2, 0.25) is 0 Å². The van der Waals surface area contributed by atoms with Crippen molar-refractivity contribution in [2.75, 3.05) is 36.5 Å². The molecule has 2 amide bonds. The van der Waals surface area contributed by atoms with Crippen LogP contribution in [0.1, 0.15) is 5.82 Å². The van der Waals surface area contributed by atoms with E-state index in [0.717, 1.165) is 23.9 Å². The van der Waals surface area contributed by atoms with Gasteiger partial charge in [-0.25, -0.2) is 14.8 Å². The van der Waals surface area contributed by atoms with Crippen LogP contribution in [0.5, 0.6) is 0 Å². The lowest BCUT2D eigenvalue weighted by atomic mass is 10.4. The van der Waals surface area contributed by atoms with Crippen LogP contribution in [-0.4, -0.2) is 42.3 Å². The summed E-state index contributed by atoms with van der Waals surface area (Å²) >= 11 is 1.47. The second kappa shape index (κ2) is 7.19. The number of nitrogens with zero attached hydrogens (tertiary/aromatic N) is 3. The van der Waals surface area contributed by atoms with Gasteiger partial charge in [-0.05, 0) is 23.6 Å². The van der Waals surface area contributed by atoms with Gasteiger partial charge >= 0.3 is 6.03 Å². The van der Waals surface area contributed by atoms with E-state index < -0.39 is 0 Å². The molecule has 0 bridgehead atoms. The number of rotatable bonds is 4. The van der Waals surface area contributed by atoms with Crippen molar-refractivity contribution in [1.29, 1.82) is 0 Å². The van der Waals surface area contributed by atoms with E-state index in [1.165, 1.54) is 11.3 Å². The van der Waals surface area contributed by atoms with Gasteiger partial charge in [-0.1, -0.05) is 0 Å². The lowest BCUT2D eigenvalue weighted by molar-refractivity contribution is 0.122. The first kappa shape index (κ1) is 14.7. The van der Waals surface area contributed by atoms with E-state index in [9.17, 15) is 4.79 Å². The fourth-order valence-electron chi connectivity index (χ4n) is 2.11. The monoisotopic (exact) mass is 319 g/mol. The molecule has 2 aromatic heterocycles. The number of amides is 2. The van der Waals surface area contributed by atoms with Gasteiger partial charge in [0.25, 0.3) is 0 Å². The number of hydrogen-bond donors (Lipinski definition) is 2. The van der Waals surface area contributed by atoms with E-state index in [4.69, 9.17) is 4.74 Å². The third-order valence-electron chi connectivity index (χ3n) is 3.19. The summed E-state index contributed by atoms with van der Waals surface area (Å²) in [6.07, 6.45) is 1.71. The van der Waals surface area contributed by atoms with E-state index in [-0.39, 0.29) is 12.6 Å². The Morgan fingerprint density at radius 2 is 2.23 bits per heavy atom. The smallest absolute Gasteiger partial charge is 0.320 e. The molecule has 1 fully saturated rings. The van der Waals surface area contributed by atoms with E-state index >= 15 is 0 Å². The summed E-state index contributed by atoms with van der Waals surface area (Å²) < 4.78 is 5.33. The molecule has 3 heterocycles. The van der Waals surface area contributed by atoms with Gasteiger partial charge in [-0.15, -0.1) is 11.3 Å². The van der Waals surface area contributed by atoms with E-state index in [2.05, 4.69) is 25.5 Å². The maximum absolute atomic E-state index is 11.8. The van der Waals surface area contributed by atoms with E-state index in [0.29, 0.717) is 19.0 Å². The highest BCUT2D eigenvalue weighted by Crippen LogP contribution is 2.14. The molecule has 116 valence electrons. The second-order valence-corrected chi connectivity index (χ2v) is 5.66. The molecule has 2 aromatic rings. The largest absolute Gasteiger partial charge is 0.378 e. The van der Waals surface area contributed by atoms with Gasteiger partial charge in [0.05, 0.1) is 24.8 Å². The summed E-state index contributed by atoms with van der Waals surface area (Å²) in [5.41, 5.74) is 0. The quantitative estimate of drug-likeness (QED) is 0.896.